The van der Waals surface area contributed by atoms with E-state index in [4.69, 9.17) is 0 Å². The van der Waals surface area contributed by atoms with Crippen LogP contribution in [0.25, 0.3) is 5.69 Å². The predicted octanol–water partition coefficient (Wildman–Crippen LogP) is 4.96. The molecule has 0 saturated heterocycles. The van der Waals surface area contributed by atoms with Gasteiger partial charge in [0, 0.05) is 22.7 Å². The van der Waals surface area contributed by atoms with Crippen LogP contribution in [0.3, 0.4) is 0 Å². The number of thiophene rings is 1. The minimum absolute atomic E-state index is 0.0666. The number of nitrogens with one attached hydrogen (secondary N) is 1. The molecule has 2 aromatic carbocycles. The quantitative estimate of drug-likeness (QED) is 0.429. The van der Waals surface area contributed by atoms with E-state index in [1.54, 1.807) is 11.3 Å². The molecule has 1 N–H and O–H groups in total. The highest BCUT2D eigenvalue weighted by atomic mass is 32.2. The summed E-state index contributed by atoms with van der Waals surface area (Å²) in [5, 5.41) is 14.5. The van der Waals surface area contributed by atoms with Crippen molar-refractivity contribution in [1.82, 2.24) is 14.8 Å². The van der Waals surface area contributed by atoms with Crippen molar-refractivity contribution < 1.29 is 4.79 Å². The van der Waals surface area contributed by atoms with Gasteiger partial charge in [0.1, 0.15) is 5.82 Å². The van der Waals surface area contributed by atoms with Gasteiger partial charge in [-0.05, 0) is 48.2 Å². The second-order valence-corrected chi connectivity index (χ2v) is 8.51. The number of nitrogens with zero attached hydrogens (tertiary/aromatic N) is 3. The molecule has 0 aliphatic heterocycles. The summed E-state index contributed by atoms with van der Waals surface area (Å²) in [6, 6.07) is 21.9. The molecule has 0 saturated carbocycles. The van der Waals surface area contributed by atoms with Crippen LogP contribution in [0.2, 0.25) is 0 Å². The van der Waals surface area contributed by atoms with Crippen molar-refractivity contribution in [2.45, 2.75) is 18.5 Å². The lowest BCUT2D eigenvalue weighted by atomic mass is 10.2. The van der Waals surface area contributed by atoms with Crippen LogP contribution in [-0.2, 0) is 11.2 Å². The van der Waals surface area contributed by atoms with E-state index in [0.717, 1.165) is 22.8 Å². The Kier molecular flexibility index (Phi) is 6.07. The third-order valence-corrected chi connectivity index (χ3v) is 6.07. The largest absolute Gasteiger partial charge is 0.325 e. The number of aryl methyl sites for hydroxylation is 1. The average molecular weight is 421 g/mol. The van der Waals surface area contributed by atoms with Crippen LogP contribution in [0.4, 0.5) is 5.69 Å². The van der Waals surface area contributed by atoms with Crippen LogP contribution >= 0.6 is 23.1 Å². The van der Waals surface area contributed by atoms with Crippen LogP contribution in [-0.4, -0.2) is 26.4 Å². The summed E-state index contributed by atoms with van der Waals surface area (Å²) in [4.78, 5) is 13.6. The van der Waals surface area contributed by atoms with Crippen LogP contribution in [0.5, 0.6) is 0 Å². The van der Waals surface area contributed by atoms with Gasteiger partial charge in [0.2, 0.25) is 5.91 Å². The van der Waals surface area contributed by atoms with E-state index < -0.39 is 0 Å². The minimum atomic E-state index is -0.0666. The van der Waals surface area contributed by atoms with Crippen molar-refractivity contribution in [3.05, 3.63) is 88.4 Å². The Balaban J connectivity index is 1.52. The summed E-state index contributed by atoms with van der Waals surface area (Å²) in [6.07, 6.45) is 0.704. The summed E-state index contributed by atoms with van der Waals surface area (Å²) in [6.45, 7) is 2.00. The molecule has 4 rings (SSSR count). The Bertz CT molecular complexity index is 1090. The van der Waals surface area contributed by atoms with E-state index in [1.807, 2.05) is 72.2 Å². The molecule has 0 aliphatic carbocycles. The second-order valence-electron chi connectivity index (χ2n) is 6.53. The number of carbonyl (C=O) groups excluding carboxylic acids is 1. The molecule has 0 bridgehead atoms. The molecule has 146 valence electrons. The first kappa shape index (κ1) is 19.4. The number of aromatic nitrogens is 3. The van der Waals surface area contributed by atoms with Crippen LogP contribution in [0, 0.1) is 6.92 Å². The summed E-state index contributed by atoms with van der Waals surface area (Å²) in [5.41, 5.74) is 2.90. The maximum atomic E-state index is 12.4. The molecule has 0 atom stereocenters. The van der Waals surface area contributed by atoms with E-state index in [2.05, 4.69) is 27.0 Å². The standard InChI is InChI=1S/C22H20N4OS2/c1-16-7-5-8-17(13-16)23-21(27)15-29-22-25-24-20(14-19-11-6-12-28-19)26(22)18-9-3-2-4-10-18/h2-13H,14-15H2,1H3,(H,23,27). The smallest absolute Gasteiger partial charge is 0.234 e. The van der Waals surface area contributed by atoms with Gasteiger partial charge in [0.15, 0.2) is 5.16 Å². The first-order valence-corrected chi connectivity index (χ1v) is 11.1. The monoisotopic (exact) mass is 420 g/mol. The number of benzene rings is 2. The third-order valence-electron chi connectivity index (χ3n) is 4.26. The minimum Gasteiger partial charge on any atom is -0.325 e. The lowest BCUT2D eigenvalue weighted by molar-refractivity contribution is -0.113. The van der Waals surface area contributed by atoms with Crippen molar-refractivity contribution >= 4 is 34.7 Å². The molecule has 2 aromatic heterocycles. The third kappa shape index (κ3) is 4.93. The van der Waals surface area contributed by atoms with Crippen molar-refractivity contribution in [1.29, 1.82) is 0 Å². The molecule has 4 aromatic rings. The Labute approximate surface area is 177 Å². The Morgan fingerprint density at radius 1 is 1.07 bits per heavy atom. The highest BCUT2D eigenvalue weighted by Crippen LogP contribution is 2.24. The first-order valence-electron chi connectivity index (χ1n) is 9.20. The first-order chi connectivity index (χ1) is 14.2. The molecule has 5 nitrogen and oxygen atoms in total. The van der Waals surface area contributed by atoms with Gasteiger partial charge in [0.25, 0.3) is 0 Å². The van der Waals surface area contributed by atoms with Crippen molar-refractivity contribution in [2.24, 2.45) is 0 Å². The van der Waals surface area contributed by atoms with Crippen LogP contribution < -0.4 is 5.32 Å². The van der Waals surface area contributed by atoms with E-state index in [0.29, 0.717) is 11.6 Å². The van der Waals surface area contributed by atoms with Gasteiger partial charge >= 0.3 is 0 Å². The SMILES string of the molecule is Cc1cccc(NC(=O)CSc2nnc(Cc3cccs3)n2-c2ccccc2)c1. The summed E-state index contributed by atoms with van der Waals surface area (Å²) >= 11 is 3.09. The maximum absolute atomic E-state index is 12.4. The van der Waals surface area contributed by atoms with Crippen molar-refractivity contribution in [2.75, 3.05) is 11.1 Å². The molecule has 0 aliphatic rings. The summed E-state index contributed by atoms with van der Waals surface area (Å²) in [5.74, 6) is 1.06. The zero-order valence-electron chi connectivity index (χ0n) is 15.9. The fourth-order valence-corrected chi connectivity index (χ4v) is 4.44. The molecular weight excluding hydrogens is 400 g/mol. The van der Waals surface area contributed by atoms with Crippen molar-refractivity contribution in [3.63, 3.8) is 0 Å². The van der Waals surface area contributed by atoms with E-state index in [9.17, 15) is 4.79 Å². The number of anilines is 1. The molecule has 29 heavy (non-hydrogen) atoms. The van der Waals surface area contributed by atoms with Gasteiger partial charge in [0.05, 0.1) is 5.75 Å². The van der Waals surface area contributed by atoms with Crippen LogP contribution in [0.15, 0.2) is 77.3 Å². The molecule has 2 heterocycles. The van der Waals surface area contributed by atoms with Gasteiger partial charge in [-0.25, -0.2) is 0 Å². The zero-order chi connectivity index (χ0) is 20.1. The molecule has 7 heteroatoms. The highest BCUT2D eigenvalue weighted by molar-refractivity contribution is 7.99. The predicted molar refractivity (Wildman–Crippen MR) is 119 cm³/mol. The molecular formula is C22H20N4OS2. The molecule has 0 spiro atoms. The molecule has 0 fully saturated rings. The van der Waals surface area contributed by atoms with E-state index >= 15 is 0 Å². The number of hydrogen-bond donors (Lipinski definition) is 1. The second kappa shape index (κ2) is 9.07. The summed E-state index contributed by atoms with van der Waals surface area (Å²) in [7, 11) is 0. The maximum Gasteiger partial charge on any atom is 0.234 e. The summed E-state index contributed by atoms with van der Waals surface area (Å²) < 4.78 is 2.03. The van der Waals surface area contributed by atoms with Gasteiger partial charge < -0.3 is 5.32 Å². The van der Waals surface area contributed by atoms with Gasteiger partial charge in [-0.15, -0.1) is 21.5 Å². The topological polar surface area (TPSA) is 59.8 Å². The Hall–Kier alpha value is -2.90. The lowest BCUT2D eigenvalue weighted by Gasteiger charge is -2.10. The fourth-order valence-electron chi connectivity index (χ4n) is 2.96. The van der Waals surface area contributed by atoms with Crippen LogP contribution in [0.1, 0.15) is 16.3 Å². The van der Waals surface area contributed by atoms with E-state index in [1.165, 1.54) is 16.6 Å². The number of rotatable bonds is 7. The lowest BCUT2D eigenvalue weighted by Crippen LogP contribution is -2.14. The zero-order valence-corrected chi connectivity index (χ0v) is 17.5. The van der Waals surface area contributed by atoms with Gasteiger partial charge in [-0.1, -0.05) is 48.2 Å². The number of amides is 1. The van der Waals surface area contributed by atoms with E-state index in [-0.39, 0.29) is 11.7 Å². The number of hydrogen-bond acceptors (Lipinski definition) is 5. The highest BCUT2D eigenvalue weighted by Gasteiger charge is 2.16. The molecule has 1 amide bonds. The molecule has 0 unspecified atom stereocenters. The normalized spacial score (nSPS) is 10.8. The fraction of sp³-hybridized carbons (Fsp3) is 0.136. The number of thioether (sulfide) groups is 1. The van der Waals surface area contributed by atoms with Crippen molar-refractivity contribution in [3.8, 4) is 5.69 Å². The van der Waals surface area contributed by atoms with Gasteiger partial charge in [-0.3, -0.25) is 9.36 Å². The number of para-hydroxylation sites is 1. The Morgan fingerprint density at radius 2 is 1.93 bits per heavy atom. The molecule has 0 radical (unpaired) electrons. The number of carbonyl (C=O) groups is 1. The van der Waals surface area contributed by atoms with Gasteiger partial charge in [-0.2, -0.15) is 0 Å². The average Bonchev–Trinajstić information content (AvgIpc) is 3.37. The Morgan fingerprint density at radius 3 is 2.69 bits per heavy atom.